The third-order valence-corrected chi connectivity index (χ3v) is 4.73. The van der Waals surface area contributed by atoms with Crippen molar-refractivity contribution in [3.8, 4) is 5.75 Å². The molecule has 0 unspecified atom stereocenters. The average Bonchev–Trinajstić information content (AvgIpc) is 2.69. The van der Waals surface area contributed by atoms with Gasteiger partial charge < -0.3 is 9.84 Å². The van der Waals surface area contributed by atoms with Gasteiger partial charge in [0.1, 0.15) is 18.2 Å². The number of carbonyl (C=O) groups is 1. The molecule has 0 bridgehead atoms. The highest BCUT2D eigenvalue weighted by molar-refractivity contribution is 9.10. The van der Waals surface area contributed by atoms with E-state index in [0.29, 0.717) is 22.6 Å². The van der Waals surface area contributed by atoms with Crippen molar-refractivity contribution in [3.05, 3.63) is 92.7 Å². The molecule has 0 spiro atoms. The molecule has 0 fully saturated rings. The number of hydrogen-bond donors (Lipinski definition) is 2. The highest BCUT2D eigenvalue weighted by Gasteiger charge is 2.09. The predicted octanol–water partition coefficient (Wildman–Crippen LogP) is 5.96. The van der Waals surface area contributed by atoms with Crippen LogP contribution in [0.15, 0.2) is 70.2 Å². The maximum atomic E-state index is 13.8. The van der Waals surface area contributed by atoms with Gasteiger partial charge in [-0.25, -0.2) is 9.18 Å². The van der Waals surface area contributed by atoms with Crippen LogP contribution in [-0.4, -0.2) is 17.3 Å². The van der Waals surface area contributed by atoms with Gasteiger partial charge in [0, 0.05) is 15.6 Å². The fraction of sp³-hybridized carbons (Fsp3) is 0.0476. The summed E-state index contributed by atoms with van der Waals surface area (Å²) in [5.41, 5.74) is 4.29. The molecule has 0 aliphatic carbocycles. The Hall–Kier alpha value is -2.90. The summed E-state index contributed by atoms with van der Waals surface area (Å²) in [6.07, 6.45) is 1.52. The predicted molar refractivity (Wildman–Crippen MR) is 115 cm³/mol. The molecule has 0 aliphatic rings. The average molecular weight is 478 g/mol. The van der Waals surface area contributed by atoms with Crippen LogP contribution < -0.4 is 10.2 Å². The van der Waals surface area contributed by atoms with Gasteiger partial charge in [0.05, 0.1) is 22.5 Å². The zero-order chi connectivity index (χ0) is 20.8. The number of nitrogens with zero attached hydrogens (tertiary/aromatic N) is 1. The van der Waals surface area contributed by atoms with E-state index in [1.165, 1.54) is 24.4 Å². The first-order valence-electron chi connectivity index (χ1n) is 8.41. The summed E-state index contributed by atoms with van der Waals surface area (Å²) in [4.78, 5) is 11.2. The Kier molecular flexibility index (Phi) is 6.85. The van der Waals surface area contributed by atoms with Gasteiger partial charge in [-0.15, -0.1) is 0 Å². The molecule has 29 heavy (non-hydrogen) atoms. The standard InChI is InChI=1S/C21H15BrClFN2O3/c22-15-5-8-20(29-12-13-3-1-2-4-19(13)24)14(9-15)11-25-26-16-6-7-18(23)17(10-16)21(27)28/h1-11,26H,12H2,(H,27,28)/b25-11-. The second kappa shape index (κ2) is 9.54. The summed E-state index contributed by atoms with van der Waals surface area (Å²) in [7, 11) is 0. The highest BCUT2D eigenvalue weighted by atomic mass is 79.9. The lowest BCUT2D eigenvalue weighted by Gasteiger charge is -2.10. The van der Waals surface area contributed by atoms with Crippen LogP contribution in [-0.2, 0) is 6.61 Å². The summed E-state index contributed by atoms with van der Waals surface area (Å²) >= 11 is 9.26. The zero-order valence-corrected chi connectivity index (χ0v) is 17.2. The number of hydrogen-bond acceptors (Lipinski definition) is 4. The lowest BCUT2D eigenvalue weighted by Crippen LogP contribution is -2.01. The van der Waals surface area contributed by atoms with E-state index >= 15 is 0 Å². The number of benzene rings is 3. The van der Waals surface area contributed by atoms with Gasteiger partial charge in [-0.3, -0.25) is 5.43 Å². The summed E-state index contributed by atoms with van der Waals surface area (Å²) in [5.74, 6) is -0.943. The molecule has 0 heterocycles. The molecule has 3 rings (SSSR count). The number of aromatic carboxylic acids is 1. The Labute approximate surface area is 179 Å². The highest BCUT2D eigenvalue weighted by Crippen LogP contribution is 2.24. The van der Waals surface area contributed by atoms with E-state index < -0.39 is 5.97 Å². The largest absolute Gasteiger partial charge is 0.488 e. The van der Waals surface area contributed by atoms with Crippen LogP contribution >= 0.6 is 27.5 Å². The Bertz CT molecular complexity index is 1080. The molecule has 148 valence electrons. The van der Waals surface area contributed by atoms with Crippen molar-refractivity contribution in [1.82, 2.24) is 0 Å². The molecule has 0 aromatic heterocycles. The Morgan fingerprint density at radius 1 is 1.21 bits per heavy atom. The SMILES string of the molecule is O=C(O)c1cc(N/N=C\c2cc(Br)ccc2OCc2ccccc2F)ccc1Cl. The van der Waals surface area contributed by atoms with Crippen molar-refractivity contribution < 1.29 is 19.0 Å². The van der Waals surface area contributed by atoms with E-state index in [9.17, 15) is 9.18 Å². The van der Waals surface area contributed by atoms with Crippen LogP contribution in [0, 0.1) is 5.82 Å². The van der Waals surface area contributed by atoms with Crippen LogP contribution in [0.4, 0.5) is 10.1 Å². The fourth-order valence-corrected chi connectivity index (χ4v) is 3.03. The van der Waals surface area contributed by atoms with Crippen LogP contribution in [0.2, 0.25) is 5.02 Å². The first-order valence-corrected chi connectivity index (χ1v) is 9.59. The molecular formula is C21H15BrClFN2O3. The molecule has 0 saturated heterocycles. The minimum Gasteiger partial charge on any atom is -0.488 e. The molecule has 0 atom stereocenters. The maximum Gasteiger partial charge on any atom is 0.337 e. The minimum absolute atomic E-state index is 0.0248. The summed E-state index contributed by atoms with van der Waals surface area (Å²) in [6.45, 7) is 0.0712. The molecule has 0 radical (unpaired) electrons. The Morgan fingerprint density at radius 2 is 2.00 bits per heavy atom. The van der Waals surface area contributed by atoms with E-state index in [-0.39, 0.29) is 23.0 Å². The number of nitrogens with one attached hydrogen (secondary N) is 1. The molecule has 0 aliphatic heterocycles. The number of carboxylic acid groups (broad SMARTS) is 1. The van der Waals surface area contributed by atoms with Gasteiger partial charge in [0.2, 0.25) is 0 Å². The Balaban J connectivity index is 1.75. The minimum atomic E-state index is -1.13. The molecular weight excluding hydrogens is 463 g/mol. The second-order valence-electron chi connectivity index (χ2n) is 5.93. The lowest BCUT2D eigenvalue weighted by atomic mass is 10.2. The number of hydrazone groups is 1. The van der Waals surface area contributed by atoms with Crippen molar-refractivity contribution in [2.75, 3.05) is 5.43 Å². The monoisotopic (exact) mass is 476 g/mol. The van der Waals surface area contributed by atoms with Gasteiger partial charge in [-0.1, -0.05) is 45.7 Å². The Morgan fingerprint density at radius 3 is 2.76 bits per heavy atom. The van der Waals surface area contributed by atoms with Gasteiger partial charge in [0.25, 0.3) is 0 Å². The van der Waals surface area contributed by atoms with E-state index in [4.69, 9.17) is 21.4 Å². The van der Waals surface area contributed by atoms with E-state index in [1.54, 1.807) is 42.5 Å². The molecule has 5 nitrogen and oxygen atoms in total. The summed E-state index contributed by atoms with van der Waals surface area (Å²) in [6, 6.07) is 16.2. The summed E-state index contributed by atoms with van der Waals surface area (Å²) < 4.78 is 20.4. The third-order valence-electron chi connectivity index (χ3n) is 3.91. The van der Waals surface area contributed by atoms with Crippen molar-refractivity contribution in [3.63, 3.8) is 0 Å². The number of carboxylic acids is 1. The quantitative estimate of drug-likeness (QED) is 0.325. The second-order valence-corrected chi connectivity index (χ2v) is 7.25. The van der Waals surface area contributed by atoms with Crippen molar-refractivity contribution in [2.24, 2.45) is 5.10 Å². The van der Waals surface area contributed by atoms with Crippen LogP contribution in [0.3, 0.4) is 0 Å². The van der Waals surface area contributed by atoms with Crippen molar-refractivity contribution in [2.45, 2.75) is 6.61 Å². The molecule has 0 saturated carbocycles. The molecule has 0 amide bonds. The van der Waals surface area contributed by atoms with Gasteiger partial charge in [-0.2, -0.15) is 5.10 Å². The molecule has 8 heteroatoms. The first-order chi connectivity index (χ1) is 13.9. The van der Waals surface area contributed by atoms with Crippen LogP contribution in [0.25, 0.3) is 0 Å². The normalized spacial score (nSPS) is 10.9. The van der Waals surface area contributed by atoms with Crippen molar-refractivity contribution in [1.29, 1.82) is 0 Å². The molecule has 3 aromatic carbocycles. The van der Waals surface area contributed by atoms with E-state index in [2.05, 4.69) is 26.5 Å². The van der Waals surface area contributed by atoms with Gasteiger partial charge in [0.15, 0.2) is 0 Å². The third kappa shape index (κ3) is 5.56. The van der Waals surface area contributed by atoms with E-state index in [0.717, 1.165) is 4.47 Å². The van der Waals surface area contributed by atoms with Crippen LogP contribution in [0.5, 0.6) is 5.75 Å². The summed E-state index contributed by atoms with van der Waals surface area (Å²) in [5, 5.41) is 13.4. The van der Waals surface area contributed by atoms with Crippen LogP contribution in [0.1, 0.15) is 21.5 Å². The smallest absolute Gasteiger partial charge is 0.337 e. The van der Waals surface area contributed by atoms with Gasteiger partial charge >= 0.3 is 5.97 Å². The zero-order valence-electron chi connectivity index (χ0n) is 14.9. The van der Waals surface area contributed by atoms with E-state index in [1.807, 2.05) is 0 Å². The number of rotatable bonds is 7. The number of anilines is 1. The lowest BCUT2D eigenvalue weighted by molar-refractivity contribution is 0.0697. The topological polar surface area (TPSA) is 70.9 Å². The first kappa shape index (κ1) is 20.8. The number of halogens is 3. The maximum absolute atomic E-state index is 13.8. The van der Waals surface area contributed by atoms with Gasteiger partial charge in [-0.05, 0) is 42.5 Å². The van der Waals surface area contributed by atoms with Crippen molar-refractivity contribution >= 4 is 45.4 Å². The molecule has 3 aromatic rings. The number of ether oxygens (including phenoxy) is 1. The fourth-order valence-electron chi connectivity index (χ4n) is 2.46. The molecule has 2 N–H and O–H groups in total.